The van der Waals surface area contributed by atoms with Crippen molar-refractivity contribution in [2.24, 2.45) is 0 Å². The predicted molar refractivity (Wildman–Crippen MR) is 110 cm³/mol. The monoisotopic (exact) mass is 402 g/mol. The molecule has 0 saturated heterocycles. The van der Waals surface area contributed by atoms with E-state index in [2.05, 4.69) is 22.2 Å². The van der Waals surface area contributed by atoms with Gasteiger partial charge in [0.25, 0.3) is 0 Å². The highest BCUT2D eigenvalue weighted by Crippen LogP contribution is 2.34. The molecule has 0 fully saturated rings. The van der Waals surface area contributed by atoms with E-state index in [1.165, 1.54) is 24.4 Å². The van der Waals surface area contributed by atoms with E-state index in [0.717, 1.165) is 22.1 Å². The van der Waals surface area contributed by atoms with Gasteiger partial charge >= 0.3 is 0 Å². The Morgan fingerprint density at radius 3 is 2.52 bits per heavy atom. The Morgan fingerprint density at radius 1 is 1.11 bits per heavy atom. The summed E-state index contributed by atoms with van der Waals surface area (Å²) in [6.07, 6.45) is 1.44. The van der Waals surface area contributed by atoms with Crippen molar-refractivity contribution in [3.05, 3.63) is 64.5 Å². The first kappa shape index (κ1) is 19.5. The number of nitrogens with one attached hydrogen (secondary N) is 2. The van der Waals surface area contributed by atoms with Crippen molar-refractivity contribution in [3.8, 4) is 0 Å². The summed E-state index contributed by atoms with van der Waals surface area (Å²) in [5, 5.41) is 3.77. The Balaban J connectivity index is 2.05. The lowest BCUT2D eigenvalue weighted by atomic mass is 10.0. The second kappa shape index (κ2) is 8.21. The minimum absolute atomic E-state index is 0.0717. The second-order valence-electron chi connectivity index (χ2n) is 6.26. The number of carbonyl (C=O) groups is 1. The highest BCUT2D eigenvalue weighted by atomic mass is 32.2. The van der Waals surface area contributed by atoms with Gasteiger partial charge in [0.2, 0.25) is 15.9 Å². The number of thiophene rings is 1. The molecule has 0 radical (unpaired) electrons. The quantitative estimate of drug-likeness (QED) is 0.638. The summed E-state index contributed by atoms with van der Waals surface area (Å²) >= 11 is 1.68. The van der Waals surface area contributed by atoms with Crippen LogP contribution in [-0.4, -0.2) is 27.9 Å². The molecule has 0 bridgehead atoms. The van der Waals surface area contributed by atoms with E-state index in [0.29, 0.717) is 13.0 Å². The SMILES string of the molecule is CNS(=O)(=O)c1ccc2sc(Cc3ccccc3)c(CCNC(C)=O)c2c1. The number of hydrogen-bond donors (Lipinski definition) is 2. The fraction of sp³-hybridized carbons (Fsp3) is 0.250. The fourth-order valence-electron chi connectivity index (χ4n) is 3.03. The molecule has 0 unspecified atom stereocenters. The molecule has 142 valence electrons. The Kier molecular flexibility index (Phi) is 5.94. The molecule has 3 aromatic rings. The maximum absolute atomic E-state index is 12.2. The molecule has 0 atom stereocenters. The number of benzene rings is 2. The average molecular weight is 403 g/mol. The molecule has 1 amide bonds. The average Bonchev–Trinajstić information content (AvgIpc) is 2.99. The zero-order valence-corrected chi connectivity index (χ0v) is 16.9. The summed E-state index contributed by atoms with van der Waals surface area (Å²) in [5.74, 6) is -0.0717. The van der Waals surface area contributed by atoms with Crippen LogP contribution in [0.1, 0.15) is 22.9 Å². The molecule has 5 nitrogen and oxygen atoms in total. The zero-order valence-electron chi connectivity index (χ0n) is 15.3. The third-order valence-electron chi connectivity index (χ3n) is 4.38. The molecule has 0 saturated carbocycles. The van der Waals surface area contributed by atoms with Crippen molar-refractivity contribution in [2.75, 3.05) is 13.6 Å². The maximum Gasteiger partial charge on any atom is 0.240 e. The molecule has 3 rings (SSSR count). The van der Waals surface area contributed by atoms with Crippen LogP contribution in [0.25, 0.3) is 10.1 Å². The molecule has 1 aromatic heterocycles. The van der Waals surface area contributed by atoms with Crippen molar-refractivity contribution in [2.45, 2.75) is 24.7 Å². The molecular formula is C20H22N2O3S2. The van der Waals surface area contributed by atoms with Crippen molar-refractivity contribution in [1.82, 2.24) is 10.0 Å². The minimum atomic E-state index is -3.51. The van der Waals surface area contributed by atoms with E-state index in [-0.39, 0.29) is 10.8 Å². The Bertz CT molecular complexity index is 1060. The van der Waals surface area contributed by atoms with E-state index in [4.69, 9.17) is 0 Å². The van der Waals surface area contributed by atoms with E-state index in [1.54, 1.807) is 23.5 Å². The zero-order chi connectivity index (χ0) is 19.4. The normalized spacial score (nSPS) is 11.6. The summed E-state index contributed by atoms with van der Waals surface area (Å²) < 4.78 is 27.8. The van der Waals surface area contributed by atoms with Gasteiger partial charge in [-0.1, -0.05) is 30.3 Å². The lowest BCUT2D eigenvalue weighted by Crippen LogP contribution is -2.22. The first-order valence-electron chi connectivity index (χ1n) is 8.67. The van der Waals surface area contributed by atoms with Gasteiger partial charge in [0.15, 0.2) is 0 Å². The lowest BCUT2D eigenvalue weighted by Gasteiger charge is -2.07. The molecule has 0 spiro atoms. The lowest BCUT2D eigenvalue weighted by molar-refractivity contribution is -0.118. The van der Waals surface area contributed by atoms with Crippen molar-refractivity contribution in [3.63, 3.8) is 0 Å². The minimum Gasteiger partial charge on any atom is -0.356 e. The standard InChI is InChI=1S/C20H22N2O3S2/c1-14(23)22-11-10-17-18-13-16(27(24,25)21-2)8-9-19(18)26-20(17)12-15-6-4-3-5-7-15/h3-9,13,21H,10-12H2,1-2H3,(H,22,23). The van der Waals surface area contributed by atoms with Gasteiger partial charge in [0.1, 0.15) is 0 Å². The van der Waals surface area contributed by atoms with Crippen molar-refractivity contribution >= 4 is 37.4 Å². The largest absolute Gasteiger partial charge is 0.356 e. The molecule has 0 aliphatic heterocycles. The van der Waals surface area contributed by atoms with Crippen molar-refractivity contribution in [1.29, 1.82) is 0 Å². The number of fused-ring (bicyclic) bond motifs is 1. The highest BCUT2D eigenvalue weighted by Gasteiger charge is 2.17. The first-order valence-corrected chi connectivity index (χ1v) is 11.0. The van der Waals surface area contributed by atoms with Crippen LogP contribution < -0.4 is 10.0 Å². The number of carbonyl (C=O) groups excluding carboxylic acids is 1. The van der Waals surface area contributed by atoms with Crippen LogP contribution in [0.3, 0.4) is 0 Å². The van der Waals surface area contributed by atoms with Gasteiger partial charge in [0.05, 0.1) is 4.90 Å². The number of rotatable bonds is 7. The summed E-state index contributed by atoms with van der Waals surface area (Å²) in [6, 6.07) is 15.4. The van der Waals surface area contributed by atoms with Gasteiger partial charge < -0.3 is 5.32 Å². The maximum atomic E-state index is 12.2. The molecule has 2 N–H and O–H groups in total. The Morgan fingerprint density at radius 2 is 1.85 bits per heavy atom. The van der Waals surface area contributed by atoms with E-state index >= 15 is 0 Å². The van der Waals surface area contributed by atoms with Crippen LogP contribution >= 0.6 is 11.3 Å². The van der Waals surface area contributed by atoms with Gasteiger partial charge in [0, 0.05) is 29.5 Å². The second-order valence-corrected chi connectivity index (χ2v) is 9.29. The van der Waals surface area contributed by atoms with Crippen LogP contribution in [0.5, 0.6) is 0 Å². The predicted octanol–water partition coefficient (Wildman–Crippen LogP) is 3.08. The summed E-state index contributed by atoms with van der Waals surface area (Å²) in [5.41, 5.74) is 2.30. The molecular weight excluding hydrogens is 380 g/mol. The van der Waals surface area contributed by atoms with E-state index in [9.17, 15) is 13.2 Å². The highest BCUT2D eigenvalue weighted by molar-refractivity contribution is 7.89. The van der Waals surface area contributed by atoms with Crippen LogP contribution in [0.15, 0.2) is 53.4 Å². The van der Waals surface area contributed by atoms with Crippen LogP contribution in [-0.2, 0) is 27.7 Å². The van der Waals surface area contributed by atoms with E-state index < -0.39 is 10.0 Å². The number of amides is 1. The molecule has 27 heavy (non-hydrogen) atoms. The van der Waals surface area contributed by atoms with Gasteiger partial charge in [-0.05, 0) is 48.2 Å². The van der Waals surface area contributed by atoms with E-state index in [1.807, 2.05) is 24.3 Å². The Labute approximate surface area is 163 Å². The fourth-order valence-corrected chi connectivity index (χ4v) is 5.05. The van der Waals surface area contributed by atoms with Crippen LogP contribution in [0, 0.1) is 0 Å². The van der Waals surface area contributed by atoms with Gasteiger partial charge in [-0.3, -0.25) is 4.79 Å². The van der Waals surface area contributed by atoms with Gasteiger partial charge in [-0.25, -0.2) is 13.1 Å². The van der Waals surface area contributed by atoms with Crippen LogP contribution in [0.4, 0.5) is 0 Å². The topological polar surface area (TPSA) is 75.3 Å². The molecule has 1 heterocycles. The summed E-state index contributed by atoms with van der Waals surface area (Å²) in [7, 11) is -2.10. The van der Waals surface area contributed by atoms with Gasteiger partial charge in [-0.2, -0.15) is 0 Å². The van der Waals surface area contributed by atoms with Crippen molar-refractivity contribution < 1.29 is 13.2 Å². The third-order valence-corrected chi connectivity index (χ3v) is 7.01. The summed E-state index contributed by atoms with van der Waals surface area (Å²) in [6.45, 7) is 2.01. The molecule has 0 aliphatic carbocycles. The van der Waals surface area contributed by atoms with Crippen LogP contribution in [0.2, 0.25) is 0 Å². The van der Waals surface area contributed by atoms with Gasteiger partial charge in [-0.15, -0.1) is 11.3 Å². The first-order chi connectivity index (χ1) is 12.9. The smallest absolute Gasteiger partial charge is 0.240 e. The molecule has 2 aromatic carbocycles. The molecule has 7 heteroatoms. The molecule has 0 aliphatic rings. The third kappa shape index (κ3) is 4.55. The number of sulfonamides is 1. The Hall–Kier alpha value is -2.22. The number of hydrogen-bond acceptors (Lipinski definition) is 4. The summed E-state index contributed by atoms with van der Waals surface area (Å²) in [4.78, 5) is 12.7.